The summed E-state index contributed by atoms with van der Waals surface area (Å²) >= 11 is 0. The van der Waals surface area contributed by atoms with E-state index in [1.807, 2.05) is 6.07 Å². The van der Waals surface area contributed by atoms with Crippen LogP contribution in [0, 0.1) is 20.8 Å². The molecular formula is C14H21NO3. The maximum absolute atomic E-state index is 11.0. The van der Waals surface area contributed by atoms with Gasteiger partial charge in [-0.05, 0) is 43.0 Å². The van der Waals surface area contributed by atoms with Gasteiger partial charge in [0.1, 0.15) is 6.04 Å². The topological polar surface area (TPSA) is 58.6 Å². The lowest BCUT2D eigenvalue weighted by Crippen LogP contribution is -2.40. The standard InChI is InChI=1S/C14H21NO3/c1-9-5-6-12(11(3)10(9)2)7-15-13(8-18-4)14(16)17/h5-6,13,15H,7-8H2,1-4H3,(H,16,17). The van der Waals surface area contributed by atoms with Gasteiger partial charge in [-0.2, -0.15) is 0 Å². The molecule has 4 heteroatoms. The van der Waals surface area contributed by atoms with Crippen molar-refractivity contribution >= 4 is 5.97 Å². The van der Waals surface area contributed by atoms with Crippen LogP contribution in [0.2, 0.25) is 0 Å². The average Bonchev–Trinajstić information content (AvgIpc) is 2.33. The summed E-state index contributed by atoms with van der Waals surface area (Å²) in [6, 6.07) is 3.43. The molecule has 4 nitrogen and oxygen atoms in total. The van der Waals surface area contributed by atoms with Gasteiger partial charge in [-0.3, -0.25) is 10.1 Å². The van der Waals surface area contributed by atoms with Crippen LogP contribution in [0.5, 0.6) is 0 Å². The van der Waals surface area contributed by atoms with E-state index < -0.39 is 12.0 Å². The van der Waals surface area contributed by atoms with Gasteiger partial charge in [0, 0.05) is 13.7 Å². The highest BCUT2D eigenvalue weighted by Gasteiger charge is 2.16. The molecule has 0 aliphatic carbocycles. The minimum atomic E-state index is -0.890. The highest BCUT2D eigenvalue weighted by molar-refractivity contribution is 5.73. The Bertz CT molecular complexity index is 429. The lowest BCUT2D eigenvalue weighted by molar-refractivity contribution is -0.140. The molecule has 0 aliphatic heterocycles. The fourth-order valence-corrected chi connectivity index (χ4v) is 1.82. The molecule has 1 atom stereocenters. The predicted molar refractivity (Wildman–Crippen MR) is 70.8 cm³/mol. The van der Waals surface area contributed by atoms with E-state index in [4.69, 9.17) is 9.84 Å². The number of nitrogens with one attached hydrogen (secondary N) is 1. The van der Waals surface area contributed by atoms with Crippen molar-refractivity contribution < 1.29 is 14.6 Å². The maximum atomic E-state index is 11.0. The number of benzene rings is 1. The van der Waals surface area contributed by atoms with Crippen LogP contribution < -0.4 is 5.32 Å². The minimum Gasteiger partial charge on any atom is -0.480 e. The third-order valence-electron chi connectivity index (χ3n) is 3.34. The van der Waals surface area contributed by atoms with E-state index in [-0.39, 0.29) is 6.61 Å². The summed E-state index contributed by atoms with van der Waals surface area (Å²) in [7, 11) is 1.50. The molecule has 0 radical (unpaired) electrons. The molecule has 0 aliphatic rings. The van der Waals surface area contributed by atoms with Crippen LogP contribution in [0.3, 0.4) is 0 Å². The SMILES string of the molecule is COCC(NCc1ccc(C)c(C)c1C)C(=O)O. The average molecular weight is 251 g/mol. The maximum Gasteiger partial charge on any atom is 0.323 e. The Morgan fingerprint density at radius 3 is 2.56 bits per heavy atom. The van der Waals surface area contributed by atoms with Crippen molar-refractivity contribution in [2.24, 2.45) is 0 Å². The second-order valence-corrected chi connectivity index (χ2v) is 4.52. The number of hydrogen-bond donors (Lipinski definition) is 2. The van der Waals surface area contributed by atoms with Gasteiger partial charge >= 0.3 is 5.97 Å². The van der Waals surface area contributed by atoms with Gasteiger partial charge in [0.15, 0.2) is 0 Å². The minimum absolute atomic E-state index is 0.166. The molecule has 18 heavy (non-hydrogen) atoms. The van der Waals surface area contributed by atoms with Crippen LogP contribution in [0.1, 0.15) is 22.3 Å². The molecule has 100 valence electrons. The van der Waals surface area contributed by atoms with E-state index in [1.54, 1.807) is 0 Å². The van der Waals surface area contributed by atoms with Gasteiger partial charge in [0.2, 0.25) is 0 Å². The summed E-state index contributed by atoms with van der Waals surface area (Å²) in [5.41, 5.74) is 4.85. The molecule has 0 saturated carbocycles. The second-order valence-electron chi connectivity index (χ2n) is 4.52. The molecule has 2 N–H and O–H groups in total. The van der Waals surface area contributed by atoms with E-state index in [9.17, 15) is 4.79 Å². The molecular weight excluding hydrogens is 230 g/mol. The van der Waals surface area contributed by atoms with Crippen molar-refractivity contribution in [2.75, 3.05) is 13.7 Å². The van der Waals surface area contributed by atoms with Crippen LogP contribution >= 0.6 is 0 Å². The number of methoxy groups -OCH3 is 1. The van der Waals surface area contributed by atoms with Crippen LogP contribution in [0.25, 0.3) is 0 Å². The van der Waals surface area contributed by atoms with E-state index in [0.717, 1.165) is 5.56 Å². The van der Waals surface area contributed by atoms with Crippen molar-refractivity contribution in [1.82, 2.24) is 5.32 Å². The van der Waals surface area contributed by atoms with E-state index in [0.29, 0.717) is 6.54 Å². The summed E-state index contributed by atoms with van der Waals surface area (Å²) in [6.07, 6.45) is 0. The van der Waals surface area contributed by atoms with Crippen molar-refractivity contribution in [3.8, 4) is 0 Å². The molecule has 0 aromatic heterocycles. The summed E-state index contributed by atoms with van der Waals surface area (Å²) in [4.78, 5) is 11.0. The zero-order valence-corrected chi connectivity index (χ0v) is 11.4. The van der Waals surface area contributed by atoms with E-state index >= 15 is 0 Å². The molecule has 0 heterocycles. The molecule has 1 aromatic carbocycles. The van der Waals surface area contributed by atoms with E-state index in [1.165, 1.54) is 23.8 Å². The number of rotatable bonds is 6. The fraction of sp³-hybridized carbons (Fsp3) is 0.500. The van der Waals surface area contributed by atoms with Crippen LogP contribution in [0.15, 0.2) is 12.1 Å². The zero-order valence-electron chi connectivity index (χ0n) is 11.4. The summed E-state index contributed by atoms with van der Waals surface area (Å²) in [6.45, 7) is 6.92. The summed E-state index contributed by atoms with van der Waals surface area (Å²) < 4.78 is 4.88. The summed E-state index contributed by atoms with van der Waals surface area (Å²) in [5, 5.41) is 12.0. The molecule has 1 unspecified atom stereocenters. The van der Waals surface area contributed by atoms with Crippen molar-refractivity contribution in [2.45, 2.75) is 33.4 Å². The number of ether oxygens (including phenoxy) is 1. The van der Waals surface area contributed by atoms with Crippen molar-refractivity contribution in [1.29, 1.82) is 0 Å². The molecule has 1 aromatic rings. The fourth-order valence-electron chi connectivity index (χ4n) is 1.82. The van der Waals surface area contributed by atoms with Gasteiger partial charge in [-0.15, -0.1) is 0 Å². The van der Waals surface area contributed by atoms with E-state index in [2.05, 4.69) is 32.2 Å². The number of carboxylic acid groups (broad SMARTS) is 1. The monoisotopic (exact) mass is 251 g/mol. The molecule has 0 fully saturated rings. The predicted octanol–water partition coefficient (Wildman–Crippen LogP) is 1.80. The van der Waals surface area contributed by atoms with Crippen molar-refractivity contribution in [3.63, 3.8) is 0 Å². The smallest absolute Gasteiger partial charge is 0.323 e. The Hall–Kier alpha value is -1.39. The Morgan fingerprint density at radius 1 is 1.33 bits per heavy atom. The molecule has 0 bridgehead atoms. The Kier molecular flexibility index (Phi) is 5.31. The first kappa shape index (κ1) is 14.7. The van der Waals surface area contributed by atoms with Gasteiger partial charge in [0.25, 0.3) is 0 Å². The first-order valence-electron chi connectivity index (χ1n) is 5.98. The van der Waals surface area contributed by atoms with Crippen LogP contribution in [-0.4, -0.2) is 30.8 Å². The van der Waals surface area contributed by atoms with Gasteiger partial charge in [-0.25, -0.2) is 0 Å². The quantitative estimate of drug-likeness (QED) is 0.809. The molecule has 0 amide bonds. The lowest BCUT2D eigenvalue weighted by atomic mass is 9.99. The highest BCUT2D eigenvalue weighted by Crippen LogP contribution is 2.16. The van der Waals surface area contributed by atoms with Crippen LogP contribution in [-0.2, 0) is 16.1 Å². The number of aryl methyl sites for hydroxylation is 1. The number of carboxylic acids is 1. The number of carbonyl (C=O) groups is 1. The molecule has 0 spiro atoms. The van der Waals surface area contributed by atoms with Gasteiger partial charge < -0.3 is 9.84 Å². The lowest BCUT2D eigenvalue weighted by Gasteiger charge is -2.16. The molecule has 0 saturated heterocycles. The van der Waals surface area contributed by atoms with Gasteiger partial charge in [0.05, 0.1) is 6.61 Å². The Balaban J connectivity index is 2.73. The van der Waals surface area contributed by atoms with Gasteiger partial charge in [-0.1, -0.05) is 12.1 Å². The van der Waals surface area contributed by atoms with Crippen molar-refractivity contribution in [3.05, 3.63) is 34.4 Å². The highest BCUT2D eigenvalue weighted by atomic mass is 16.5. The third kappa shape index (κ3) is 3.55. The zero-order chi connectivity index (χ0) is 13.7. The molecule has 1 rings (SSSR count). The third-order valence-corrected chi connectivity index (χ3v) is 3.34. The number of hydrogen-bond acceptors (Lipinski definition) is 3. The number of aliphatic carboxylic acids is 1. The summed E-state index contributed by atoms with van der Waals surface area (Å²) in [5.74, 6) is -0.890. The normalized spacial score (nSPS) is 12.4. The van der Waals surface area contributed by atoms with Crippen LogP contribution in [0.4, 0.5) is 0 Å². The largest absolute Gasteiger partial charge is 0.480 e. The Labute approximate surface area is 108 Å². The second kappa shape index (κ2) is 6.52. The Morgan fingerprint density at radius 2 is 2.00 bits per heavy atom. The first-order chi connectivity index (χ1) is 8.47. The first-order valence-corrected chi connectivity index (χ1v) is 5.98.